The van der Waals surface area contributed by atoms with Crippen LogP contribution in [0.25, 0.3) is 11.1 Å². The predicted molar refractivity (Wildman–Crippen MR) is 275 cm³/mol. The van der Waals surface area contributed by atoms with Gasteiger partial charge >= 0.3 is 0 Å². The summed E-state index contributed by atoms with van der Waals surface area (Å²) in [5, 5.41) is 32.6. The maximum Gasteiger partial charge on any atom is 0.262 e. The molecule has 1 aliphatic carbocycles. The number of hydrogen-bond donors (Lipinski definition) is 3. The Morgan fingerprint density at radius 3 is 2.39 bits per heavy atom. The average Bonchev–Trinajstić information content (AvgIpc) is 3.84. The summed E-state index contributed by atoms with van der Waals surface area (Å²) in [6, 6.07) is 13.7. The van der Waals surface area contributed by atoms with Gasteiger partial charge in [0.05, 0.1) is 69.7 Å². The third-order valence-electron chi connectivity index (χ3n) is 11.2. The van der Waals surface area contributed by atoms with Crippen molar-refractivity contribution < 1.29 is 38.2 Å². The number of oxime groups is 1. The number of fused-ring (bicyclic) bond motifs is 3. The summed E-state index contributed by atoms with van der Waals surface area (Å²) in [5.41, 5.74) is 4.48. The molecule has 21 heteroatoms. The Morgan fingerprint density at radius 1 is 1.00 bits per heavy atom. The molecular formula is C50H58BrClN10O8S. The van der Waals surface area contributed by atoms with Crippen LogP contribution in [0.3, 0.4) is 0 Å². The number of ether oxygens (including phenoxy) is 4. The van der Waals surface area contributed by atoms with E-state index in [-0.39, 0.29) is 55.5 Å². The first-order valence-corrected chi connectivity index (χ1v) is 25.3. The lowest BCUT2D eigenvalue weighted by Gasteiger charge is -2.19. The highest BCUT2D eigenvalue weighted by Crippen LogP contribution is 2.41. The Balaban J connectivity index is 0.779. The number of nitrogens with one attached hydrogen (secondary N) is 3. The number of aromatic nitrogens is 4. The minimum absolute atomic E-state index is 0.0175. The number of hydrogen-bond acceptors (Lipinski definition) is 15. The molecule has 3 atom stereocenters. The van der Waals surface area contributed by atoms with Crippen LogP contribution in [-0.4, -0.2) is 115 Å². The van der Waals surface area contributed by atoms with E-state index in [2.05, 4.69) is 72.1 Å². The van der Waals surface area contributed by atoms with Gasteiger partial charge in [-0.25, -0.2) is 4.98 Å². The molecule has 0 fully saturated rings. The third kappa shape index (κ3) is 16.2. The normalized spacial score (nSPS) is 15.7. The lowest BCUT2D eigenvalue weighted by atomic mass is 9.89. The number of benzene rings is 1. The van der Waals surface area contributed by atoms with Crippen LogP contribution in [0.4, 0.5) is 0 Å². The van der Waals surface area contributed by atoms with Crippen LogP contribution in [0.2, 0.25) is 0 Å². The molecule has 6 rings (SSSR count). The van der Waals surface area contributed by atoms with Gasteiger partial charge in [0, 0.05) is 34.5 Å². The van der Waals surface area contributed by atoms with E-state index in [4.69, 9.17) is 40.4 Å². The third-order valence-corrected chi connectivity index (χ3v) is 13.1. The molecule has 4 heterocycles. The van der Waals surface area contributed by atoms with E-state index in [9.17, 15) is 19.6 Å². The molecular weight excluding hydrogens is 1020 g/mol. The summed E-state index contributed by atoms with van der Waals surface area (Å²) < 4.78 is 25.1. The van der Waals surface area contributed by atoms with Crippen molar-refractivity contribution in [3.8, 4) is 16.8 Å². The second-order valence-corrected chi connectivity index (χ2v) is 18.7. The summed E-state index contributed by atoms with van der Waals surface area (Å²) >= 11 is 11.3. The van der Waals surface area contributed by atoms with Gasteiger partial charge in [-0.15, -0.1) is 21.5 Å². The van der Waals surface area contributed by atoms with Gasteiger partial charge in [0.1, 0.15) is 45.5 Å². The van der Waals surface area contributed by atoms with Crippen molar-refractivity contribution in [1.29, 1.82) is 5.26 Å². The van der Waals surface area contributed by atoms with Crippen LogP contribution >= 0.6 is 38.9 Å². The zero-order valence-electron chi connectivity index (χ0n) is 40.1. The number of nitriles is 1. The van der Waals surface area contributed by atoms with Crippen molar-refractivity contribution in [3.05, 3.63) is 115 Å². The Kier molecular flexibility index (Phi) is 21.5. The molecule has 0 spiro atoms. The summed E-state index contributed by atoms with van der Waals surface area (Å²) in [5.74, 6) is 0.978. The van der Waals surface area contributed by atoms with Crippen molar-refractivity contribution in [3.63, 3.8) is 0 Å². The molecule has 0 saturated carbocycles. The molecule has 4 aromatic rings. The number of carbonyl (C=O) groups excluding carboxylic acids is 3. The number of allylic oxidation sites excluding steroid dienone is 4. The summed E-state index contributed by atoms with van der Waals surface area (Å²) in [4.78, 5) is 54.1. The molecule has 71 heavy (non-hydrogen) atoms. The van der Waals surface area contributed by atoms with Gasteiger partial charge in [0.25, 0.3) is 11.8 Å². The Bertz CT molecular complexity index is 2660. The molecule has 0 radical (unpaired) electrons. The number of carbonyl (C=O) groups is 3. The SMILES string of the molecule is CCCC(NC(=O)/C(C#N)=C/c1cccc(Br)n1)c1ccc(OC/C=N/OCC(=O)NCCOCCOCCOCCNC(=O)C[C@@H]2N=C(C3C=CC(Cl)=CC3)c3c(sc(C)c3C)-n3c(C)nnc32)cc1. The number of halogens is 2. The molecule has 3 N–H and O–H groups in total. The highest BCUT2D eigenvalue weighted by molar-refractivity contribution is 9.10. The van der Waals surface area contributed by atoms with E-state index >= 15 is 0 Å². The Labute approximate surface area is 430 Å². The largest absolute Gasteiger partial charge is 0.488 e. The van der Waals surface area contributed by atoms with Gasteiger partial charge in [-0.2, -0.15) is 5.26 Å². The van der Waals surface area contributed by atoms with Gasteiger partial charge in [0.15, 0.2) is 12.4 Å². The zero-order chi connectivity index (χ0) is 50.5. The van der Waals surface area contributed by atoms with E-state index in [0.29, 0.717) is 79.5 Å². The summed E-state index contributed by atoms with van der Waals surface area (Å²) in [6.07, 6.45) is 11.1. The number of thiophene rings is 1. The van der Waals surface area contributed by atoms with Gasteiger partial charge in [-0.05, 0) is 97.1 Å². The smallest absolute Gasteiger partial charge is 0.262 e. The van der Waals surface area contributed by atoms with E-state index < -0.39 is 11.9 Å². The van der Waals surface area contributed by atoms with Gasteiger partial charge in [0.2, 0.25) is 5.91 Å². The van der Waals surface area contributed by atoms with E-state index in [0.717, 1.165) is 46.1 Å². The maximum atomic E-state index is 13.2. The second-order valence-electron chi connectivity index (χ2n) is 16.3. The monoisotopic (exact) mass is 1070 g/mol. The van der Waals surface area contributed by atoms with Crippen molar-refractivity contribution in [2.24, 2.45) is 16.1 Å². The number of nitrogens with zero attached hydrogens (tertiary/aromatic N) is 7. The number of amides is 3. The molecule has 1 aliphatic heterocycles. The standard InChI is InChI=1S/C50H58BrClN10O8S/c1-5-7-41(59-49(65)37(30-53)28-39-8-6-9-43(51)57-39)35-12-16-40(17-13-35)69-23-20-56-70-31-45(64)55-19-22-67-25-27-68-26-24-66-21-18-54-44(63)29-42-48-61-60-34(4)62(48)50-46(32(2)33(3)71-50)47(58-42)36-10-14-38(52)15-11-36/h6,8-10,12-17,20,28,36,41-42H,5,7,11,18-19,21-27,29,31H2,1-4H3,(H,54,63)(H,55,64)(H,59,65)/b37-28+,56-20+/t36?,41?,42-/m0/s1. The van der Waals surface area contributed by atoms with Crippen molar-refractivity contribution in [2.45, 2.75) is 65.5 Å². The quantitative estimate of drug-likeness (QED) is 0.0134. The highest BCUT2D eigenvalue weighted by Gasteiger charge is 2.34. The molecule has 3 aromatic heterocycles. The molecule has 2 unspecified atom stereocenters. The number of pyridine rings is 1. The van der Waals surface area contributed by atoms with Gasteiger partial charge in [-0.3, -0.25) is 23.9 Å². The van der Waals surface area contributed by atoms with Crippen LogP contribution in [0, 0.1) is 38.0 Å². The van der Waals surface area contributed by atoms with E-state index in [1.807, 2.05) is 48.8 Å². The Morgan fingerprint density at radius 2 is 1.72 bits per heavy atom. The molecule has 3 amide bonds. The zero-order valence-corrected chi connectivity index (χ0v) is 43.3. The molecule has 1 aromatic carbocycles. The van der Waals surface area contributed by atoms with Crippen LogP contribution in [0.1, 0.15) is 83.6 Å². The number of aryl methyl sites for hydroxylation is 2. The van der Waals surface area contributed by atoms with Crippen LogP contribution in [0.15, 0.2) is 86.0 Å². The van der Waals surface area contributed by atoms with Crippen molar-refractivity contribution in [2.75, 3.05) is 65.9 Å². The van der Waals surface area contributed by atoms with Crippen LogP contribution in [0.5, 0.6) is 5.75 Å². The molecule has 0 saturated heterocycles. The lowest BCUT2D eigenvalue weighted by Crippen LogP contribution is -2.30. The van der Waals surface area contributed by atoms with Gasteiger partial charge < -0.3 is 39.7 Å². The first kappa shape index (κ1) is 54.3. The van der Waals surface area contributed by atoms with Crippen LogP contribution in [-0.2, 0) is 33.4 Å². The number of aliphatic imine (C=N–C) groups is 1. The fourth-order valence-electron chi connectivity index (χ4n) is 7.54. The first-order chi connectivity index (χ1) is 34.4. The minimum atomic E-state index is -0.521. The average molecular weight is 1070 g/mol. The first-order valence-electron chi connectivity index (χ1n) is 23.3. The topological polar surface area (TPSA) is 226 Å². The minimum Gasteiger partial charge on any atom is -0.488 e. The number of rotatable bonds is 27. The molecule has 18 nitrogen and oxygen atoms in total. The molecule has 0 bridgehead atoms. The summed E-state index contributed by atoms with van der Waals surface area (Å²) in [7, 11) is 0. The van der Waals surface area contributed by atoms with Gasteiger partial charge in [-0.1, -0.05) is 60.5 Å². The highest BCUT2D eigenvalue weighted by atomic mass is 79.9. The molecule has 2 aliphatic rings. The van der Waals surface area contributed by atoms with Crippen LogP contribution < -0.4 is 20.7 Å². The van der Waals surface area contributed by atoms with E-state index in [1.165, 1.54) is 17.2 Å². The Hall–Kier alpha value is -6.08. The van der Waals surface area contributed by atoms with Crippen molar-refractivity contribution >= 4 is 74.6 Å². The van der Waals surface area contributed by atoms with Crippen molar-refractivity contribution in [1.82, 2.24) is 35.7 Å². The fourth-order valence-corrected chi connectivity index (χ4v) is 9.28. The lowest BCUT2D eigenvalue weighted by molar-refractivity contribution is -0.126. The fraction of sp³-hybridized carbons (Fsp3) is 0.420. The summed E-state index contributed by atoms with van der Waals surface area (Å²) in [6.45, 7) is 10.6. The maximum absolute atomic E-state index is 13.2. The second kappa shape index (κ2) is 28.1. The molecule has 376 valence electrons. The predicted octanol–water partition coefficient (Wildman–Crippen LogP) is 7.27. The van der Waals surface area contributed by atoms with E-state index in [1.54, 1.807) is 41.7 Å².